The number of hydrogen-bond acceptors (Lipinski definition) is 5. The Morgan fingerprint density at radius 2 is 1.82 bits per heavy atom. The number of fused-ring (bicyclic) bond motifs is 1. The van der Waals surface area contributed by atoms with Crippen LogP contribution in [-0.4, -0.2) is 63.3 Å². The fourth-order valence-corrected chi connectivity index (χ4v) is 6.40. The molecule has 39 heavy (non-hydrogen) atoms. The number of para-hydroxylation sites is 1. The van der Waals surface area contributed by atoms with Crippen LogP contribution >= 0.6 is 0 Å². The van der Waals surface area contributed by atoms with Crippen molar-refractivity contribution in [2.45, 2.75) is 64.8 Å². The molecule has 2 aliphatic rings. The molecule has 0 atom stereocenters. The van der Waals surface area contributed by atoms with Gasteiger partial charge in [0.05, 0.1) is 5.69 Å². The summed E-state index contributed by atoms with van der Waals surface area (Å²) >= 11 is 0. The van der Waals surface area contributed by atoms with Crippen LogP contribution in [0.15, 0.2) is 55.0 Å². The Morgan fingerprint density at radius 3 is 2.59 bits per heavy atom. The van der Waals surface area contributed by atoms with Gasteiger partial charge >= 0.3 is 0 Å². The molecule has 0 radical (unpaired) electrons. The number of hydrogen-bond donors (Lipinski definition) is 0. The van der Waals surface area contributed by atoms with Crippen molar-refractivity contribution in [1.29, 1.82) is 0 Å². The van der Waals surface area contributed by atoms with Crippen LogP contribution in [0.5, 0.6) is 5.75 Å². The maximum absolute atomic E-state index is 13.2. The smallest absolute Gasteiger partial charge is 0.222 e. The van der Waals surface area contributed by atoms with Crippen molar-refractivity contribution in [1.82, 2.24) is 24.6 Å². The van der Waals surface area contributed by atoms with E-state index in [1.165, 1.54) is 36.0 Å². The van der Waals surface area contributed by atoms with Crippen molar-refractivity contribution in [3.63, 3.8) is 0 Å². The van der Waals surface area contributed by atoms with E-state index in [1.807, 2.05) is 37.2 Å². The minimum Gasteiger partial charge on any atom is -0.492 e. The van der Waals surface area contributed by atoms with Gasteiger partial charge in [0, 0.05) is 64.8 Å². The van der Waals surface area contributed by atoms with Crippen LogP contribution in [0.3, 0.4) is 0 Å². The third-order valence-corrected chi connectivity index (χ3v) is 8.66. The van der Waals surface area contributed by atoms with Crippen LogP contribution in [-0.2, 0) is 31.2 Å². The Morgan fingerprint density at radius 1 is 1.03 bits per heavy atom. The molecule has 3 aromatic rings. The van der Waals surface area contributed by atoms with E-state index in [2.05, 4.69) is 56.3 Å². The number of ether oxygens (including phenoxy) is 1. The molecule has 208 valence electrons. The lowest BCUT2D eigenvalue weighted by Gasteiger charge is -2.45. The number of aromatic nitrogens is 3. The Hall–Kier alpha value is -3.19. The number of piperidine rings is 1. The molecule has 2 aliphatic heterocycles. The van der Waals surface area contributed by atoms with Gasteiger partial charge in [-0.1, -0.05) is 24.6 Å². The third-order valence-electron chi connectivity index (χ3n) is 8.66. The maximum Gasteiger partial charge on any atom is 0.222 e. The molecule has 7 heteroatoms. The van der Waals surface area contributed by atoms with Gasteiger partial charge < -0.3 is 9.64 Å². The molecular formula is C32H43N5O2. The summed E-state index contributed by atoms with van der Waals surface area (Å²) in [4.78, 5) is 22.0. The predicted octanol–water partition coefficient (Wildman–Crippen LogP) is 4.97. The first-order valence-electron chi connectivity index (χ1n) is 14.6. The molecule has 1 fully saturated rings. The zero-order valence-electron chi connectivity index (χ0n) is 23.6. The topological polar surface area (TPSA) is 63.5 Å². The Kier molecular flexibility index (Phi) is 8.97. The van der Waals surface area contributed by atoms with Gasteiger partial charge in [0.15, 0.2) is 0 Å². The molecule has 2 aromatic heterocycles. The first-order chi connectivity index (χ1) is 19.0. The molecule has 7 nitrogen and oxygen atoms in total. The van der Waals surface area contributed by atoms with Crippen molar-refractivity contribution < 1.29 is 9.53 Å². The van der Waals surface area contributed by atoms with E-state index in [9.17, 15) is 4.79 Å². The second kappa shape index (κ2) is 12.8. The first kappa shape index (κ1) is 27.4. The van der Waals surface area contributed by atoms with E-state index in [0.29, 0.717) is 13.0 Å². The second-order valence-corrected chi connectivity index (χ2v) is 11.5. The highest BCUT2D eigenvalue weighted by Gasteiger charge is 2.37. The lowest BCUT2D eigenvalue weighted by atomic mass is 9.73. The SMILES string of the molecule is Cc1nn(C)cc1CCC(=O)N1CCC2(CCCCc3ccccc3OCCN(Cc3ccncc3)C2)CC1. The van der Waals surface area contributed by atoms with Gasteiger partial charge in [-0.2, -0.15) is 5.10 Å². The molecule has 1 saturated heterocycles. The average Bonchev–Trinajstić information content (AvgIpc) is 3.27. The Bertz CT molecular complexity index is 1220. The standard InChI is InChI=1S/C32H43N5O2/c1-26-29(24-35(2)34-26)10-11-31(38)37-19-15-32(16-20-37)14-6-5-8-28-7-3-4-9-30(28)39-22-21-36(25-32)23-27-12-17-33-18-13-27/h3-4,7,9,12-13,17-18,24H,5-6,8,10-11,14-16,19-23,25H2,1-2H3. The van der Waals surface area contributed by atoms with Crippen molar-refractivity contribution in [3.8, 4) is 5.75 Å². The third kappa shape index (κ3) is 7.27. The summed E-state index contributed by atoms with van der Waals surface area (Å²) in [5, 5.41) is 4.43. The van der Waals surface area contributed by atoms with Crippen LogP contribution in [0.1, 0.15) is 60.9 Å². The molecule has 1 aromatic carbocycles. The van der Waals surface area contributed by atoms with Crippen molar-refractivity contribution in [2.75, 3.05) is 32.8 Å². The molecule has 1 amide bonds. The van der Waals surface area contributed by atoms with Crippen molar-refractivity contribution in [3.05, 3.63) is 77.4 Å². The van der Waals surface area contributed by atoms with Crippen LogP contribution < -0.4 is 4.74 Å². The zero-order chi connectivity index (χ0) is 27.1. The highest BCUT2D eigenvalue weighted by atomic mass is 16.5. The largest absolute Gasteiger partial charge is 0.492 e. The van der Waals surface area contributed by atoms with E-state index in [-0.39, 0.29) is 11.3 Å². The Balaban J connectivity index is 1.26. The van der Waals surface area contributed by atoms with E-state index < -0.39 is 0 Å². The molecule has 5 rings (SSSR count). The number of rotatable bonds is 5. The van der Waals surface area contributed by atoms with Gasteiger partial charge in [-0.3, -0.25) is 19.4 Å². The number of benzene rings is 1. The summed E-state index contributed by atoms with van der Waals surface area (Å²) in [6.07, 6.45) is 13.9. The molecule has 0 bridgehead atoms. The number of carbonyl (C=O) groups excluding carboxylic acids is 1. The Labute approximate surface area is 233 Å². The van der Waals surface area contributed by atoms with Crippen LogP contribution in [0.25, 0.3) is 0 Å². The summed E-state index contributed by atoms with van der Waals surface area (Å²) in [6, 6.07) is 12.7. The van der Waals surface area contributed by atoms with E-state index in [0.717, 1.165) is 69.9 Å². The van der Waals surface area contributed by atoms with Crippen molar-refractivity contribution >= 4 is 5.91 Å². The highest BCUT2D eigenvalue weighted by molar-refractivity contribution is 5.76. The highest BCUT2D eigenvalue weighted by Crippen LogP contribution is 2.39. The van der Waals surface area contributed by atoms with Gasteiger partial charge in [-0.25, -0.2) is 0 Å². The monoisotopic (exact) mass is 529 g/mol. The summed E-state index contributed by atoms with van der Waals surface area (Å²) < 4.78 is 8.15. The maximum atomic E-state index is 13.2. The van der Waals surface area contributed by atoms with Gasteiger partial charge in [-0.15, -0.1) is 0 Å². The molecular weight excluding hydrogens is 486 g/mol. The number of carbonyl (C=O) groups is 1. The second-order valence-electron chi connectivity index (χ2n) is 11.5. The molecule has 0 N–H and O–H groups in total. The molecule has 4 heterocycles. The molecule has 0 unspecified atom stereocenters. The van der Waals surface area contributed by atoms with Gasteiger partial charge in [0.1, 0.15) is 12.4 Å². The minimum atomic E-state index is 0.225. The van der Waals surface area contributed by atoms with E-state index in [1.54, 1.807) is 0 Å². The number of likely N-dealkylation sites (tertiary alicyclic amines) is 1. The average molecular weight is 530 g/mol. The molecule has 1 spiro atoms. The summed E-state index contributed by atoms with van der Waals surface area (Å²) in [6.45, 7) is 7.22. The minimum absolute atomic E-state index is 0.225. The van der Waals surface area contributed by atoms with Crippen LogP contribution in [0, 0.1) is 12.3 Å². The lowest BCUT2D eigenvalue weighted by Crippen LogP contribution is -2.48. The van der Waals surface area contributed by atoms with Gasteiger partial charge in [-0.05, 0) is 85.8 Å². The summed E-state index contributed by atoms with van der Waals surface area (Å²) in [5.41, 5.74) is 5.02. The van der Waals surface area contributed by atoms with Crippen LogP contribution in [0.2, 0.25) is 0 Å². The molecule has 0 aliphatic carbocycles. The number of amides is 1. The number of pyridine rings is 1. The first-order valence-corrected chi connectivity index (χ1v) is 14.6. The van der Waals surface area contributed by atoms with Crippen molar-refractivity contribution in [2.24, 2.45) is 12.5 Å². The summed E-state index contributed by atoms with van der Waals surface area (Å²) in [7, 11) is 1.94. The van der Waals surface area contributed by atoms with E-state index >= 15 is 0 Å². The van der Waals surface area contributed by atoms with Gasteiger partial charge in [0.2, 0.25) is 5.91 Å². The van der Waals surface area contributed by atoms with Crippen LogP contribution in [0.4, 0.5) is 0 Å². The predicted molar refractivity (Wildman–Crippen MR) is 154 cm³/mol. The summed E-state index contributed by atoms with van der Waals surface area (Å²) in [5.74, 6) is 1.31. The number of aryl methyl sites for hydroxylation is 4. The van der Waals surface area contributed by atoms with E-state index in [4.69, 9.17) is 4.74 Å². The van der Waals surface area contributed by atoms with Gasteiger partial charge in [0.25, 0.3) is 0 Å². The fourth-order valence-electron chi connectivity index (χ4n) is 6.40. The lowest BCUT2D eigenvalue weighted by molar-refractivity contribution is -0.133. The molecule has 0 saturated carbocycles. The fraction of sp³-hybridized carbons (Fsp3) is 0.531. The normalized spacial score (nSPS) is 18.6. The zero-order valence-corrected chi connectivity index (χ0v) is 23.6. The number of nitrogens with zero attached hydrogens (tertiary/aromatic N) is 5. The quantitative estimate of drug-likeness (QED) is 0.467.